The van der Waals surface area contributed by atoms with Crippen LogP contribution in [-0.4, -0.2) is 22.9 Å². The predicted molar refractivity (Wildman–Crippen MR) is 96.9 cm³/mol. The number of hydrogen-bond acceptors (Lipinski definition) is 2. The molecule has 0 aliphatic rings. The van der Waals surface area contributed by atoms with Gasteiger partial charge in [0.1, 0.15) is 0 Å². The van der Waals surface area contributed by atoms with Gasteiger partial charge in [0.15, 0.2) is 0 Å². The van der Waals surface area contributed by atoms with Gasteiger partial charge in [0.05, 0.1) is 12.7 Å². The molecule has 0 saturated heterocycles. The Morgan fingerprint density at radius 1 is 0.955 bits per heavy atom. The third kappa shape index (κ3) is 11.8. The van der Waals surface area contributed by atoms with Crippen molar-refractivity contribution in [3.05, 3.63) is 34.9 Å². The fourth-order valence-corrected chi connectivity index (χ4v) is 2.39. The topological polar surface area (TPSA) is 40.5 Å². The van der Waals surface area contributed by atoms with Crippen molar-refractivity contribution in [2.45, 2.75) is 79.2 Å². The van der Waals surface area contributed by atoms with Gasteiger partial charge in [-0.05, 0) is 72.1 Å². The van der Waals surface area contributed by atoms with Crippen molar-refractivity contribution in [1.82, 2.24) is 0 Å². The van der Waals surface area contributed by atoms with Gasteiger partial charge in [-0.25, -0.2) is 0 Å². The maximum atomic E-state index is 10.1. The van der Waals surface area contributed by atoms with Crippen molar-refractivity contribution in [1.29, 1.82) is 0 Å². The van der Waals surface area contributed by atoms with Crippen LogP contribution in [0.1, 0.15) is 73.1 Å². The van der Waals surface area contributed by atoms with Gasteiger partial charge in [0.25, 0.3) is 0 Å². The van der Waals surface area contributed by atoms with Crippen molar-refractivity contribution < 1.29 is 10.2 Å². The second-order valence-corrected chi connectivity index (χ2v) is 6.78. The van der Waals surface area contributed by atoms with Gasteiger partial charge >= 0.3 is 0 Å². The summed E-state index contributed by atoms with van der Waals surface area (Å²) in [6.45, 7) is 10.7. The standard InChI is InChI=1S/C20H36O2/c1-16(2)12-13-20(22)19(5)11-7-10-17(3)8-6-9-18(4)14-15-21/h8,12,14,19-22H,6-7,9-11,13,15H2,1-5H3. The Labute approximate surface area is 137 Å². The maximum absolute atomic E-state index is 10.1. The van der Waals surface area contributed by atoms with Gasteiger partial charge in [-0.3, -0.25) is 0 Å². The van der Waals surface area contributed by atoms with Crippen LogP contribution in [0.25, 0.3) is 0 Å². The van der Waals surface area contributed by atoms with Crippen LogP contribution in [0.15, 0.2) is 34.9 Å². The van der Waals surface area contributed by atoms with Gasteiger partial charge in [-0.15, -0.1) is 0 Å². The van der Waals surface area contributed by atoms with Crippen LogP contribution in [-0.2, 0) is 0 Å². The summed E-state index contributed by atoms with van der Waals surface area (Å²) in [6.07, 6.45) is 12.3. The third-order valence-corrected chi connectivity index (χ3v) is 4.13. The monoisotopic (exact) mass is 308 g/mol. The summed E-state index contributed by atoms with van der Waals surface area (Å²) in [7, 11) is 0. The van der Waals surface area contributed by atoms with Gasteiger partial charge in [0.2, 0.25) is 0 Å². The van der Waals surface area contributed by atoms with Crippen LogP contribution >= 0.6 is 0 Å². The van der Waals surface area contributed by atoms with Crippen LogP contribution in [0, 0.1) is 5.92 Å². The molecular formula is C20H36O2. The Morgan fingerprint density at radius 3 is 2.18 bits per heavy atom. The Bertz CT molecular complexity index is 373. The molecule has 0 spiro atoms. The lowest BCUT2D eigenvalue weighted by molar-refractivity contribution is 0.113. The quantitative estimate of drug-likeness (QED) is 0.517. The number of allylic oxidation sites excluding steroid dienone is 4. The number of aliphatic hydroxyl groups is 2. The fourth-order valence-electron chi connectivity index (χ4n) is 2.39. The van der Waals surface area contributed by atoms with Crippen LogP contribution in [0.4, 0.5) is 0 Å². The molecule has 0 rings (SSSR count). The molecule has 0 aromatic heterocycles. The summed E-state index contributed by atoms with van der Waals surface area (Å²) in [4.78, 5) is 0. The predicted octanol–water partition coefficient (Wildman–Crippen LogP) is 5.18. The van der Waals surface area contributed by atoms with Crippen molar-refractivity contribution in [3.8, 4) is 0 Å². The summed E-state index contributed by atoms with van der Waals surface area (Å²) in [5.41, 5.74) is 3.96. The molecule has 0 aromatic carbocycles. The molecule has 0 heterocycles. The molecule has 2 N–H and O–H groups in total. The van der Waals surface area contributed by atoms with E-state index in [1.165, 1.54) is 16.7 Å². The molecule has 2 atom stereocenters. The molecule has 128 valence electrons. The Balaban J connectivity index is 3.93. The second-order valence-electron chi connectivity index (χ2n) is 6.78. The Kier molecular flexibility index (Phi) is 12.2. The second kappa shape index (κ2) is 12.7. The SMILES string of the molecule is CC(C)=CCC(O)C(C)CCCC(C)=CCCC(C)=CCO. The fraction of sp³-hybridized carbons (Fsp3) is 0.700. The van der Waals surface area contributed by atoms with Crippen molar-refractivity contribution in [3.63, 3.8) is 0 Å². The lowest BCUT2D eigenvalue weighted by Gasteiger charge is -2.17. The number of rotatable bonds is 11. The summed E-state index contributed by atoms with van der Waals surface area (Å²) in [5, 5.41) is 18.9. The first-order valence-electron chi connectivity index (χ1n) is 8.60. The average Bonchev–Trinajstić information content (AvgIpc) is 2.44. The van der Waals surface area contributed by atoms with Gasteiger partial charge in [-0.1, -0.05) is 41.9 Å². The minimum absolute atomic E-state index is 0.140. The Morgan fingerprint density at radius 2 is 1.59 bits per heavy atom. The zero-order valence-electron chi connectivity index (χ0n) is 15.2. The van der Waals surface area contributed by atoms with Gasteiger partial charge in [-0.2, -0.15) is 0 Å². The normalized spacial score (nSPS) is 15.6. The Hall–Kier alpha value is -0.860. The van der Waals surface area contributed by atoms with Crippen LogP contribution in [0.3, 0.4) is 0 Å². The molecule has 2 heteroatoms. The molecule has 0 saturated carbocycles. The summed E-state index contributed by atoms with van der Waals surface area (Å²) < 4.78 is 0. The molecule has 0 bridgehead atoms. The lowest BCUT2D eigenvalue weighted by Crippen LogP contribution is -2.16. The highest BCUT2D eigenvalue weighted by Crippen LogP contribution is 2.18. The third-order valence-electron chi connectivity index (χ3n) is 4.13. The first-order valence-corrected chi connectivity index (χ1v) is 8.60. The van der Waals surface area contributed by atoms with E-state index in [2.05, 4.69) is 46.8 Å². The smallest absolute Gasteiger partial charge is 0.0614 e. The molecule has 0 fully saturated rings. The summed E-state index contributed by atoms with van der Waals surface area (Å²) in [6, 6.07) is 0. The summed E-state index contributed by atoms with van der Waals surface area (Å²) >= 11 is 0. The van der Waals surface area contributed by atoms with Gasteiger partial charge in [0, 0.05) is 0 Å². The lowest BCUT2D eigenvalue weighted by atomic mass is 9.94. The molecule has 0 aliphatic heterocycles. The summed E-state index contributed by atoms with van der Waals surface area (Å²) in [5.74, 6) is 0.359. The van der Waals surface area contributed by atoms with Crippen molar-refractivity contribution in [2.24, 2.45) is 5.92 Å². The number of aliphatic hydroxyl groups excluding tert-OH is 2. The molecule has 0 radical (unpaired) electrons. The van der Waals surface area contributed by atoms with Crippen LogP contribution < -0.4 is 0 Å². The van der Waals surface area contributed by atoms with Gasteiger partial charge < -0.3 is 10.2 Å². The van der Waals surface area contributed by atoms with E-state index < -0.39 is 0 Å². The maximum Gasteiger partial charge on any atom is 0.0614 e. The highest BCUT2D eigenvalue weighted by atomic mass is 16.3. The van der Waals surface area contributed by atoms with E-state index in [0.717, 1.165) is 38.5 Å². The minimum atomic E-state index is -0.217. The molecule has 0 aliphatic carbocycles. The van der Waals surface area contributed by atoms with Crippen molar-refractivity contribution in [2.75, 3.05) is 6.61 Å². The minimum Gasteiger partial charge on any atom is -0.393 e. The zero-order chi connectivity index (χ0) is 17.0. The van der Waals surface area contributed by atoms with E-state index in [1.807, 2.05) is 6.08 Å². The molecule has 2 unspecified atom stereocenters. The van der Waals surface area contributed by atoms with E-state index in [1.54, 1.807) is 0 Å². The largest absolute Gasteiger partial charge is 0.393 e. The van der Waals surface area contributed by atoms with E-state index in [0.29, 0.717) is 5.92 Å². The van der Waals surface area contributed by atoms with E-state index in [9.17, 15) is 5.11 Å². The molecule has 0 aromatic rings. The van der Waals surface area contributed by atoms with E-state index in [4.69, 9.17) is 5.11 Å². The number of hydrogen-bond donors (Lipinski definition) is 2. The van der Waals surface area contributed by atoms with Crippen LogP contribution in [0.2, 0.25) is 0 Å². The zero-order valence-corrected chi connectivity index (χ0v) is 15.2. The van der Waals surface area contributed by atoms with E-state index in [-0.39, 0.29) is 12.7 Å². The molecule has 2 nitrogen and oxygen atoms in total. The first kappa shape index (κ1) is 21.1. The molecule has 22 heavy (non-hydrogen) atoms. The first-order chi connectivity index (χ1) is 10.4. The highest BCUT2D eigenvalue weighted by Gasteiger charge is 2.12. The molecular weight excluding hydrogens is 272 g/mol. The van der Waals surface area contributed by atoms with Crippen LogP contribution in [0.5, 0.6) is 0 Å². The van der Waals surface area contributed by atoms with Crippen molar-refractivity contribution >= 4 is 0 Å². The average molecular weight is 309 g/mol. The highest BCUT2D eigenvalue weighted by molar-refractivity contribution is 5.03. The van der Waals surface area contributed by atoms with E-state index >= 15 is 0 Å². The molecule has 0 amide bonds.